The van der Waals surface area contributed by atoms with Gasteiger partial charge < -0.3 is 9.47 Å². The second-order valence-electron chi connectivity index (χ2n) is 3.34. The SMILES string of the molecule is C=C(C)C(=O)OC1CCOC1=O.CC.CCC. The van der Waals surface area contributed by atoms with Gasteiger partial charge in [-0.15, -0.1) is 0 Å². The molecule has 1 rings (SSSR count). The first-order chi connectivity index (χ1) is 8.02. The van der Waals surface area contributed by atoms with Crippen LogP contribution in [0.5, 0.6) is 0 Å². The van der Waals surface area contributed by atoms with Gasteiger partial charge in [-0.2, -0.15) is 0 Å². The molecule has 0 radical (unpaired) electrons. The Bertz CT molecular complexity index is 246. The molecule has 1 fully saturated rings. The summed E-state index contributed by atoms with van der Waals surface area (Å²) in [5.74, 6) is -1.01. The summed E-state index contributed by atoms with van der Waals surface area (Å²) in [6.07, 6.45) is 0.965. The van der Waals surface area contributed by atoms with Crippen molar-refractivity contribution in [2.75, 3.05) is 6.61 Å². The summed E-state index contributed by atoms with van der Waals surface area (Å²) in [4.78, 5) is 21.7. The highest BCUT2D eigenvalue weighted by Gasteiger charge is 2.30. The van der Waals surface area contributed by atoms with Crippen LogP contribution in [0.3, 0.4) is 0 Å². The zero-order chi connectivity index (χ0) is 13.8. The third-order valence-corrected chi connectivity index (χ3v) is 1.49. The largest absolute Gasteiger partial charge is 0.463 e. The van der Waals surface area contributed by atoms with Crippen molar-refractivity contribution in [2.24, 2.45) is 0 Å². The fourth-order valence-corrected chi connectivity index (χ4v) is 0.814. The number of carbonyl (C=O) groups excluding carboxylic acids is 2. The van der Waals surface area contributed by atoms with Crippen LogP contribution in [0.4, 0.5) is 0 Å². The second-order valence-corrected chi connectivity index (χ2v) is 3.34. The second kappa shape index (κ2) is 11.2. The number of hydrogen-bond donors (Lipinski definition) is 0. The van der Waals surface area contributed by atoms with E-state index in [0.717, 1.165) is 0 Å². The standard InChI is InChI=1S/C8H10O4.C3H8.C2H6/c1-5(2)7(9)12-6-3-4-11-8(6)10;1-3-2;1-2/h6H,1,3-4H2,2H3;3H2,1-2H3;1-2H3. The van der Waals surface area contributed by atoms with Crippen molar-refractivity contribution in [3.63, 3.8) is 0 Å². The number of cyclic esters (lactones) is 1. The Morgan fingerprint density at radius 2 is 1.94 bits per heavy atom. The van der Waals surface area contributed by atoms with Gasteiger partial charge in [-0.3, -0.25) is 0 Å². The molecule has 4 heteroatoms. The maximum atomic E-state index is 10.9. The molecule has 0 N–H and O–H groups in total. The van der Waals surface area contributed by atoms with Crippen LogP contribution in [0.1, 0.15) is 47.5 Å². The molecule has 0 bridgehead atoms. The number of esters is 2. The van der Waals surface area contributed by atoms with E-state index in [0.29, 0.717) is 13.0 Å². The van der Waals surface area contributed by atoms with Gasteiger partial charge in [0.2, 0.25) is 6.10 Å². The van der Waals surface area contributed by atoms with Gasteiger partial charge in [-0.25, -0.2) is 9.59 Å². The van der Waals surface area contributed by atoms with Gasteiger partial charge in [0, 0.05) is 12.0 Å². The van der Waals surface area contributed by atoms with Gasteiger partial charge in [0.1, 0.15) is 0 Å². The molecule has 1 heterocycles. The van der Waals surface area contributed by atoms with Crippen molar-refractivity contribution in [1.29, 1.82) is 0 Å². The molecule has 100 valence electrons. The molecule has 1 atom stereocenters. The van der Waals surface area contributed by atoms with Gasteiger partial charge in [0.25, 0.3) is 0 Å². The first kappa shape index (κ1) is 18.1. The van der Waals surface area contributed by atoms with Crippen LogP contribution >= 0.6 is 0 Å². The number of carbonyl (C=O) groups is 2. The summed E-state index contributed by atoms with van der Waals surface area (Å²) in [5.41, 5.74) is 0.287. The maximum Gasteiger partial charge on any atom is 0.347 e. The van der Waals surface area contributed by atoms with Crippen LogP contribution < -0.4 is 0 Å². The van der Waals surface area contributed by atoms with E-state index in [1.165, 1.54) is 13.3 Å². The third kappa shape index (κ3) is 8.48. The zero-order valence-corrected chi connectivity index (χ0v) is 11.5. The molecular weight excluding hydrogens is 220 g/mol. The van der Waals surface area contributed by atoms with Gasteiger partial charge >= 0.3 is 11.9 Å². The van der Waals surface area contributed by atoms with Crippen molar-refractivity contribution < 1.29 is 19.1 Å². The maximum absolute atomic E-state index is 10.9. The molecule has 1 unspecified atom stereocenters. The van der Waals surface area contributed by atoms with Gasteiger partial charge in [0.05, 0.1) is 6.61 Å². The van der Waals surface area contributed by atoms with Crippen LogP contribution in [0.2, 0.25) is 0 Å². The topological polar surface area (TPSA) is 52.6 Å². The highest BCUT2D eigenvalue weighted by Crippen LogP contribution is 2.11. The van der Waals surface area contributed by atoms with E-state index in [1.807, 2.05) is 13.8 Å². The first-order valence-electron chi connectivity index (χ1n) is 6.06. The number of ether oxygens (including phenoxy) is 2. The van der Waals surface area contributed by atoms with E-state index in [9.17, 15) is 9.59 Å². The van der Waals surface area contributed by atoms with Gasteiger partial charge in [-0.05, 0) is 6.92 Å². The van der Waals surface area contributed by atoms with Crippen LogP contribution in [-0.2, 0) is 19.1 Å². The molecule has 0 saturated carbocycles. The van der Waals surface area contributed by atoms with Crippen LogP contribution in [-0.4, -0.2) is 24.6 Å². The Balaban J connectivity index is 0. The molecule has 1 saturated heterocycles. The lowest BCUT2D eigenvalue weighted by atomic mass is 10.3. The smallest absolute Gasteiger partial charge is 0.347 e. The average Bonchev–Trinajstić information content (AvgIpc) is 2.68. The molecule has 4 nitrogen and oxygen atoms in total. The Labute approximate surface area is 104 Å². The van der Waals surface area contributed by atoms with E-state index in [1.54, 1.807) is 0 Å². The van der Waals surface area contributed by atoms with Crippen LogP contribution in [0.15, 0.2) is 12.2 Å². The van der Waals surface area contributed by atoms with Crippen molar-refractivity contribution in [1.82, 2.24) is 0 Å². The summed E-state index contributed by atoms with van der Waals surface area (Å²) in [6, 6.07) is 0. The Morgan fingerprint density at radius 3 is 2.24 bits per heavy atom. The van der Waals surface area contributed by atoms with E-state index in [2.05, 4.69) is 25.2 Å². The quantitative estimate of drug-likeness (QED) is 0.553. The minimum Gasteiger partial charge on any atom is -0.463 e. The highest BCUT2D eigenvalue weighted by atomic mass is 16.6. The molecule has 0 aliphatic carbocycles. The van der Waals surface area contributed by atoms with Crippen molar-refractivity contribution in [3.8, 4) is 0 Å². The van der Waals surface area contributed by atoms with E-state index in [4.69, 9.17) is 4.74 Å². The third-order valence-electron chi connectivity index (χ3n) is 1.49. The zero-order valence-electron chi connectivity index (χ0n) is 11.5. The molecule has 0 aromatic heterocycles. The van der Waals surface area contributed by atoms with Crippen molar-refractivity contribution in [2.45, 2.75) is 53.6 Å². The molecular formula is C13H24O4. The lowest BCUT2D eigenvalue weighted by Crippen LogP contribution is -2.22. The Kier molecular flexibility index (Phi) is 11.9. The highest BCUT2D eigenvalue weighted by molar-refractivity contribution is 5.89. The fraction of sp³-hybridized carbons (Fsp3) is 0.692. The van der Waals surface area contributed by atoms with Crippen molar-refractivity contribution >= 4 is 11.9 Å². The molecule has 0 amide bonds. The molecule has 1 aliphatic rings. The predicted molar refractivity (Wildman–Crippen MR) is 67.6 cm³/mol. The fourth-order valence-electron chi connectivity index (χ4n) is 0.814. The number of rotatable bonds is 2. The molecule has 0 spiro atoms. The molecule has 1 aliphatic heterocycles. The van der Waals surface area contributed by atoms with E-state index >= 15 is 0 Å². The summed E-state index contributed by atoms with van der Waals surface area (Å²) in [7, 11) is 0. The summed E-state index contributed by atoms with van der Waals surface area (Å²) < 4.78 is 9.37. The van der Waals surface area contributed by atoms with E-state index in [-0.39, 0.29) is 5.57 Å². The summed E-state index contributed by atoms with van der Waals surface area (Å²) in [5, 5.41) is 0. The predicted octanol–water partition coefficient (Wildman–Crippen LogP) is 2.86. The van der Waals surface area contributed by atoms with Gasteiger partial charge in [0.15, 0.2) is 0 Å². The molecule has 0 aromatic carbocycles. The number of hydrogen-bond acceptors (Lipinski definition) is 4. The molecule has 17 heavy (non-hydrogen) atoms. The van der Waals surface area contributed by atoms with Crippen LogP contribution in [0, 0.1) is 0 Å². The average molecular weight is 244 g/mol. The summed E-state index contributed by atoms with van der Waals surface area (Å²) >= 11 is 0. The lowest BCUT2D eigenvalue weighted by Gasteiger charge is -2.06. The monoisotopic (exact) mass is 244 g/mol. The Morgan fingerprint density at radius 1 is 1.47 bits per heavy atom. The summed E-state index contributed by atoms with van der Waals surface area (Å²) in [6.45, 7) is 13.5. The minimum absolute atomic E-state index is 0.287. The normalized spacial score (nSPS) is 16.8. The van der Waals surface area contributed by atoms with Gasteiger partial charge in [-0.1, -0.05) is 40.7 Å². The van der Waals surface area contributed by atoms with Crippen molar-refractivity contribution in [3.05, 3.63) is 12.2 Å². The molecule has 0 aromatic rings. The first-order valence-corrected chi connectivity index (χ1v) is 6.06. The van der Waals surface area contributed by atoms with E-state index < -0.39 is 18.0 Å². The Hall–Kier alpha value is -1.32. The minimum atomic E-state index is -0.728. The lowest BCUT2D eigenvalue weighted by molar-refractivity contribution is -0.157. The van der Waals surface area contributed by atoms with Crippen LogP contribution in [0.25, 0.3) is 0 Å².